The number of pyridine rings is 1. The summed E-state index contributed by atoms with van der Waals surface area (Å²) in [5.74, 6) is -6.30. The molecule has 2 aromatic heterocycles. The lowest BCUT2D eigenvalue weighted by molar-refractivity contribution is 0.111. The van der Waals surface area contributed by atoms with E-state index in [1.54, 1.807) is 0 Å². The molecule has 1 saturated carbocycles. The maximum absolute atomic E-state index is 14.5. The minimum atomic E-state index is -4.40. The summed E-state index contributed by atoms with van der Waals surface area (Å²) in [6.45, 7) is 0. The highest BCUT2D eigenvalue weighted by Crippen LogP contribution is 2.57. The molecular weight excluding hydrogens is 419 g/mol. The molecule has 0 spiro atoms. The third-order valence-corrected chi connectivity index (χ3v) is 5.99. The van der Waals surface area contributed by atoms with E-state index in [0.29, 0.717) is 11.1 Å². The number of rotatable bonds is 5. The Morgan fingerprint density at radius 1 is 1.43 bits per heavy atom. The van der Waals surface area contributed by atoms with Crippen LogP contribution in [0.2, 0.25) is 5.02 Å². The number of benzene rings is 1. The number of ether oxygens (including phenoxy) is 1. The first-order valence-corrected chi connectivity index (χ1v) is 9.69. The summed E-state index contributed by atoms with van der Waals surface area (Å²) in [6.07, 6.45) is 1.78. The lowest BCUT2D eigenvalue weighted by atomic mass is 10.1. The summed E-state index contributed by atoms with van der Waals surface area (Å²) in [5, 5.41) is 4.18. The normalized spacial score (nSPS) is 20.3. The van der Waals surface area contributed by atoms with Gasteiger partial charge in [0.25, 0.3) is 15.9 Å². The molecule has 0 aliphatic heterocycles. The summed E-state index contributed by atoms with van der Waals surface area (Å²) >= 11 is 5.85. The molecule has 0 bridgehead atoms. The van der Waals surface area contributed by atoms with Crippen molar-refractivity contribution in [1.82, 2.24) is 9.61 Å². The zero-order valence-electron chi connectivity index (χ0n) is 16.8. The second kappa shape index (κ2) is 6.28. The zero-order chi connectivity index (χ0) is 22.8. The van der Waals surface area contributed by atoms with E-state index in [2.05, 4.69) is 9.82 Å². The molecule has 1 atom stereocenters. The SMILES string of the molecule is [2H]C([2H])([2H])Oc1cc(C2CC2(F)F)c(F)cc1NS(=O)(=O)c1cnn2cc(Cl)ccc12. The topological polar surface area (TPSA) is 72.7 Å². The van der Waals surface area contributed by atoms with Crippen LogP contribution in [0.4, 0.5) is 18.9 Å². The summed E-state index contributed by atoms with van der Waals surface area (Å²) < 4.78 is 96.9. The lowest BCUT2D eigenvalue weighted by Gasteiger charge is -2.14. The van der Waals surface area contributed by atoms with Crippen molar-refractivity contribution in [2.24, 2.45) is 0 Å². The Labute approximate surface area is 167 Å². The monoisotopic (exact) mass is 434 g/mol. The van der Waals surface area contributed by atoms with E-state index in [0.717, 1.165) is 12.3 Å². The zero-order valence-corrected chi connectivity index (χ0v) is 15.4. The molecule has 0 amide bonds. The van der Waals surface area contributed by atoms with Crippen LogP contribution < -0.4 is 9.46 Å². The van der Waals surface area contributed by atoms with Crippen molar-refractivity contribution < 1.29 is 30.4 Å². The van der Waals surface area contributed by atoms with Crippen LogP contribution in [0.25, 0.3) is 5.52 Å². The molecule has 3 aromatic rings. The van der Waals surface area contributed by atoms with Crippen molar-refractivity contribution in [3.8, 4) is 5.75 Å². The average Bonchev–Trinajstić information content (AvgIpc) is 3.05. The number of nitrogens with one attached hydrogen (secondary N) is 1. The molecule has 1 aliphatic rings. The molecule has 148 valence electrons. The maximum Gasteiger partial charge on any atom is 0.265 e. The van der Waals surface area contributed by atoms with Crippen molar-refractivity contribution >= 4 is 32.8 Å². The van der Waals surface area contributed by atoms with Gasteiger partial charge in [-0.1, -0.05) is 11.6 Å². The van der Waals surface area contributed by atoms with Crippen LogP contribution in [-0.2, 0) is 10.0 Å². The van der Waals surface area contributed by atoms with Crippen molar-refractivity contribution in [2.75, 3.05) is 11.8 Å². The smallest absolute Gasteiger partial charge is 0.265 e. The minimum Gasteiger partial charge on any atom is -0.495 e. The summed E-state index contributed by atoms with van der Waals surface area (Å²) in [7, 11) is -7.44. The second-order valence-corrected chi connectivity index (χ2v) is 8.37. The predicted molar refractivity (Wildman–Crippen MR) is 96.3 cm³/mol. The van der Waals surface area contributed by atoms with Crippen molar-refractivity contribution in [2.45, 2.75) is 23.2 Å². The molecule has 4 rings (SSSR count). The number of aromatic nitrogens is 2. The summed E-state index contributed by atoms with van der Waals surface area (Å²) in [5.41, 5.74) is -0.877. The molecule has 1 aromatic carbocycles. The second-order valence-electron chi connectivity index (χ2n) is 6.28. The van der Waals surface area contributed by atoms with Gasteiger partial charge in [-0.2, -0.15) is 5.10 Å². The molecule has 2 heterocycles. The fourth-order valence-electron chi connectivity index (χ4n) is 2.89. The number of halogens is 4. The Balaban J connectivity index is 1.76. The highest BCUT2D eigenvalue weighted by molar-refractivity contribution is 7.93. The Hall–Kier alpha value is -2.46. The van der Waals surface area contributed by atoms with Gasteiger partial charge in [0.05, 0.1) is 39.5 Å². The third kappa shape index (κ3) is 3.16. The highest BCUT2D eigenvalue weighted by Gasteiger charge is 2.58. The van der Waals surface area contributed by atoms with Gasteiger partial charge in [0.2, 0.25) is 0 Å². The highest BCUT2D eigenvalue weighted by atomic mass is 35.5. The van der Waals surface area contributed by atoms with Gasteiger partial charge < -0.3 is 4.74 Å². The Morgan fingerprint density at radius 2 is 2.18 bits per heavy atom. The summed E-state index contributed by atoms with van der Waals surface area (Å²) in [4.78, 5) is -0.304. The molecule has 11 heteroatoms. The summed E-state index contributed by atoms with van der Waals surface area (Å²) in [6, 6.07) is 4.22. The van der Waals surface area contributed by atoms with Crippen LogP contribution in [0.3, 0.4) is 0 Å². The molecule has 1 unspecified atom stereocenters. The number of nitrogens with zero attached hydrogens (tertiary/aromatic N) is 2. The Bertz CT molecular complexity index is 1300. The largest absolute Gasteiger partial charge is 0.495 e. The molecule has 6 nitrogen and oxygen atoms in total. The van der Waals surface area contributed by atoms with Gasteiger partial charge in [0, 0.05) is 24.2 Å². The van der Waals surface area contributed by atoms with E-state index in [9.17, 15) is 21.6 Å². The van der Waals surface area contributed by atoms with E-state index in [4.69, 9.17) is 20.5 Å². The van der Waals surface area contributed by atoms with Crippen LogP contribution in [0.5, 0.6) is 5.75 Å². The van der Waals surface area contributed by atoms with Gasteiger partial charge in [0.1, 0.15) is 16.5 Å². The van der Waals surface area contributed by atoms with E-state index in [1.165, 1.54) is 22.8 Å². The number of alkyl halides is 2. The quantitative estimate of drug-likeness (QED) is 0.657. The predicted octanol–water partition coefficient (Wildman–Crippen LogP) is 4.06. The fraction of sp³-hybridized carbons (Fsp3) is 0.235. The molecule has 0 radical (unpaired) electrons. The van der Waals surface area contributed by atoms with Gasteiger partial charge in [-0.3, -0.25) is 4.72 Å². The van der Waals surface area contributed by atoms with E-state index < -0.39 is 58.1 Å². The van der Waals surface area contributed by atoms with E-state index >= 15 is 0 Å². The van der Waals surface area contributed by atoms with Crippen LogP contribution in [-0.4, -0.2) is 31.0 Å². The average molecular weight is 435 g/mol. The Morgan fingerprint density at radius 3 is 2.86 bits per heavy atom. The number of anilines is 1. The lowest BCUT2D eigenvalue weighted by Crippen LogP contribution is -2.14. The molecular formula is C17H13ClF3N3O3S. The molecule has 1 N–H and O–H groups in total. The third-order valence-electron chi connectivity index (χ3n) is 4.39. The van der Waals surface area contributed by atoms with Crippen LogP contribution in [0, 0.1) is 5.82 Å². The first-order chi connectivity index (χ1) is 14.3. The molecule has 1 aliphatic carbocycles. The van der Waals surface area contributed by atoms with Gasteiger partial charge in [0.15, 0.2) is 0 Å². The van der Waals surface area contributed by atoms with E-state index in [1.807, 2.05) is 0 Å². The minimum absolute atomic E-state index is 0.143. The van der Waals surface area contributed by atoms with Crippen molar-refractivity contribution in [3.63, 3.8) is 0 Å². The van der Waals surface area contributed by atoms with Crippen LogP contribution in [0.1, 0.15) is 22.0 Å². The van der Waals surface area contributed by atoms with Crippen molar-refractivity contribution in [1.29, 1.82) is 0 Å². The van der Waals surface area contributed by atoms with Gasteiger partial charge in [-0.05, 0) is 18.2 Å². The molecule has 28 heavy (non-hydrogen) atoms. The molecule has 1 fully saturated rings. The Kier molecular flexibility index (Phi) is 3.47. The first-order valence-electron chi connectivity index (χ1n) is 9.33. The van der Waals surface area contributed by atoms with Gasteiger partial charge in [-0.15, -0.1) is 0 Å². The van der Waals surface area contributed by atoms with Gasteiger partial charge >= 0.3 is 0 Å². The maximum atomic E-state index is 14.5. The van der Waals surface area contributed by atoms with Gasteiger partial charge in [-0.25, -0.2) is 26.1 Å². The number of hydrogen-bond donors (Lipinski definition) is 1. The fourth-order valence-corrected chi connectivity index (χ4v) is 4.23. The van der Waals surface area contributed by atoms with E-state index in [-0.39, 0.29) is 10.4 Å². The number of methoxy groups -OCH3 is 1. The number of fused-ring (bicyclic) bond motifs is 1. The van der Waals surface area contributed by atoms with Crippen LogP contribution >= 0.6 is 11.6 Å². The number of sulfonamides is 1. The standard InChI is InChI=1S/C17H13ClF3N3O3S/c1-27-15-4-10(11-6-17(11,20)21)12(19)5-13(15)23-28(25,26)16-7-22-24-8-9(18)2-3-14(16)24/h2-5,7-8,11,23H,6H2,1H3/i1D3. The molecule has 0 saturated heterocycles. The van der Waals surface area contributed by atoms with Crippen LogP contribution in [0.15, 0.2) is 41.6 Å². The van der Waals surface area contributed by atoms with Crippen molar-refractivity contribution in [3.05, 3.63) is 53.1 Å². The number of hydrogen-bond acceptors (Lipinski definition) is 4. The first kappa shape index (κ1) is 15.5.